The molecule has 1 amide bonds. The van der Waals surface area contributed by atoms with Crippen molar-refractivity contribution in [3.05, 3.63) is 51.6 Å². The molecule has 0 bridgehead atoms. The SMILES string of the molecule is O=C1COc2ccc(CNc3ccc(I)cc3)cc2N1. The molecule has 0 saturated carbocycles. The Labute approximate surface area is 130 Å². The number of rotatable bonds is 3. The molecule has 0 fully saturated rings. The molecule has 2 N–H and O–H groups in total. The van der Waals surface area contributed by atoms with Gasteiger partial charge in [-0.2, -0.15) is 0 Å². The van der Waals surface area contributed by atoms with Gasteiger partial charge in [-0.05, 0) is 64.6 Å². The summed E-state index contributed by atoms with van der Waals surface area (Å²) in [6.45, 7) is 0.789. The lowest BCUT2D eigenvalue weighted by atomic mass is 10.1. The maximum Gasteiger partial charge on any atom is 0.262 e. The van der Waals surface area contributed by atoms with Crippen molar-refractivity contribution in [3.63, 3.8) is 0 Å². The topological polar surface area (TPSA) is 50.4 Å². The maximum atomic E-state index is 11.3. The van der Waals surface area contributed by atoms with Crippen LogP contribution in [-0.2, 0) is 11.3 Å². The Bertz CT molecular complexity index is 641. The van der Waals surface area contributed by atoms with Crippen molar-refractivity contribution in [3.8, 4) is 5.75 Å². The Morgan fingerprint density at radius 3 is 2.80 bits per heavy atom. The van der Waals surface area contributed by atoms with Crippen LogP contribution in [0.5, 0.6) is 5.75 Å². The lowest BCUT2D eigenvalue weighted by Gasteiger charge is -2.18. The number of carbonyl (C=O) groups excluding carboxylic acids is 1. The Balaban J connectivity index is 1.70. The summed E-state index contributed by atoms with van der Waals surface area (Å²) in [6.07, 6.45) is 0. The van der Waals surface area contributed by atoms with Crippen molar-refractivity contribution in [1.82, 2.24) is 0 Å². The number of fused-ring (bicyclic) bond motifs is 1. The predicted molar refractivity (Wildman–Crippen MR) is 87.1 cm³/mol. The molecule has 4 nitrogen and oxygen atoms in total. The fourth-order valence-electron chi connectivity index (χ4n) is 2.01. The number of amides is 1. The second-order valence-electron chi connectivity index (χ2n) is 4.53. The molecular weight excluding hydrogens is 367 g/mol. The molecule has 0 saturated heterocycles. The molecule has 2 aromatic rings. The molecule has 0 atom stereocenters. The van der Waals surface area contributed by atoms with Crippen LogP contribution in [0.4, 0.5) is 11.4 Å². The molecule has 0 spiro atoms. The van der Waals surface area contributed by atoms with Crippen molar-refractivity contribution in [2.45, 2.75) is 6.54 Å². The molecule has 102 valence electrons. The van der Waals surface area contributed by atoms with Crippen LogP contribution in [0.25, 0.3) is 0 Å². The molecule has 0 aromatic heterocycles. The van der Waals surface area contributed by atoms with E-state index in [1.54, 1.807) is 0 Å². The third-order valence-electron chi connectivity index (χ3n) is 3.02. The van der Waals surface area contributed by atoms with Crippen LogP contribution >= 0.6 is 22.6 Å². The highest BCUT2D eigenvalue weighted by Gasteiger charge is 2.15. The standard InChI is InChI=1S/C15H13IN2O2/c16-11-2-4-12(5-3-11)17-8-10-1-6-14-13(7-10)18-15(19)9-20-14/h1-7,17H,8-9H2,(H,18,19). The number of halogens is 1. The van der Waals surface area contributed by atoms with Gasteiger partial charge in [0.1, 0.15) is 5.75 Å². The average molecular weight is 380 g/mol. The van der Waals surface area contributed by atoms with Gasteiger partial charge in [-0.1, -0.05) is 6.07 Å². The summed E-state index contributed by atoms with van der Waals surface area (Å²) in [7, 11) is 0. The van der Waals surface area contributed by atoms with E-state index in [1.807, 2.05) is 30.3 Å². The van der Waals surface area contributed by atoms with Crippen LogP contribution in [0.2, 0.25) is 0 Å². The molecule has 1 aliphatic heterocycles. The van der Waals surface area contributed by atoms with E-state index in [0.717, 1.165) is 22.7 Å². The molecule has 3 rings (SSSR count). The van der Waals surface area contributed by atoms with Gasteiger partial charge in [0.15, 0.2) is 6.61 Å². The highest BCUT2D eigenvalue weighted by Crippen LogP contribution is 2.28. The van der Waals surface area contributed by atoms with Gasteiger partial charge in [0.25, 0.3) is 5.91 Å². The summed E-state index contributed by atoms with van der Waals surface area (Å²) >= 11 is 2.28. The molecule has 20 heavy (non-hydrogen) atoms. The summed E-state index contributed by atoms with van der Waals surface area (Å²) < 4.78 is 6.54. The first-order chi connectivity index (χ1) is 9.70. The van der Waals surface area contributed by atoms with Crippen LogP contribution in [0.1, 0.15) is 5.56 Å². The van der Waals surface area contributed by atoms with Gasteiger partial charge in [0.2, 0.25) is 0 Å². The number of hydrogen-bond donors (Lipinski definition) is 2. The zero-order valence-corrected chi connectivity index (χ0v) is 12.8. The zero-order chi connectivity index (χ0) is 13.9. The van der Waals surface area contributed by atoms with Gasteiger partial charge in [0, 0.05) is 15.8 Å². The quantitative estimate of drug-likeness (QED) is 0.804. The molecule has 1 aliphatic rings. The lowest BCUT2D eigenvalue weighted by molar-refractivity contribution is -0.118. The van der Waals surface area contributed by atoms with Crippen molar-refractivity contribution in [1.29, 1.82) is 0 Å². The Kier molecular flexibility index (Phi) is 3.77. The number of hydrogen-bond acceptors (Lipinski definition) is 3. The van der Waals surface area contributed by atoms with Gasteiger partial charge in [0.05, 0.1) is 5.69 Å². The number of carbonyl (C=O) groups is 1. The number of ether oxygens (including phenoxy) is 1. The average Bonchev–Trinajstić information content (AvgIpc) is 2.46. The largest absolute Gasteiger partial charge is 0.482 e. The van der Waals surface area contributed by atoms with E-state index in [1.165, 1.54) is 3.57 Å². The van der Waals surface area contributed by atoms with E-state index in [4.69, 9.17) is 4.74 Å². The monoisotopic (exact) mass is 380 g/mol. The Morgan fingerprint density at radius 1 is 1.20 bits per heavy atom. The van der Waals surface area contributed by atoms with Crippen molar-refractivity contribution >= 4 is 39.9 Å². The highest BCUT2D eigenvalue weighted by molar-refractivity contribution is 14.1. The van der Waals surface area contributed by atoms with Gasteiger partial charge in [-0.25, -0.2) is 0 Å². The third-order valence-corrected chi connectivity index (χ3v) is 3.74. The first-order valence-corrected chi connectivity index (χ1v) is 7.33. The second-order valence-corrected chi connectivity index (χ2v) is 5.77. The van der Waals surface area contributed by atoms with Gasteiger partial charge in [-0.3, -0.25) is 4.79 Å². The summed E-state index contributed by atoms with van der Waals surface area (Å²) in [6, 6.07) is 14.0. The molecule has 0 aliphatic carbocycles. The third kappa shape index (κ3) is 3.04. The minimum Gasteiger partial charge on any atom is -0.482 e. The minimum atomic E-state index is -0.111. The maximum absolute atomic E-state index is 11.3. The minimum absolute atomic E-state index is 0.0905. The fraction of sp³-hybridized carbons (Fsp3) is 0.133. The number of benzene rings is 2. The predicted octanol–water partition coefficient (Wildman–Crippen LogP) is 3.23. The smallest absolute Gasteiger partial charge is 0.262 e. The van der Waals surface area contributed by atoms with E-state index in [0.29, 0.717) is 6.54 Å². The van der Waals surface area contributed by atoms with Crippen LogP contribution in [-0.4, -0.2) is 12.5 Å². The zero-order valence-electron chi connectivity index (χ0n) is 10.7. The van der Waals surface area contributed by atoms with E-state index < -0.39 is 0 Å². The van der Waals surface area contributed by atoms with E-state index in [2.05, 4.69) is 45.4 Å². The second kappa shape index (κ2) is 5.70. The summed E-state index contributed by atoms with van der Waals surface area (Å²) in [4.78, 5) is 11.3. The number of nitrogens with one attached hydrogen (secondary N) is 2. The normalized spacial score (nSPS) is 13.2. The van der Waals surface area contributed by atoms with Gasteiger partial charge in [-0.15, -0.1) is 0 Å². The van der Waals surface area contributed by atoms with E-state index >= 15 is 0 Å². The van der Waals surface area contributed by atoms with Crippen LogP contribution in [0.15, 0.2) is 42.5 Å². The van der Waals surface area contributed by atoms with Crippen molar-refractivity contribution < 1.29 is 9.53 Å². The van der Waals surface area contributed by atoms with Gasteiger partial charge >= 0.3 is 0 Å². The molecule has 2 aromatic carbocycles. The summed E-state index contributed by atoms with van der Waals surface area (Å²) in [5.41, 5.74) is 2.90. The number of anilines is 2. The first kappa shape index (κ1) is 13.2. The molecule has 0 radical (unpaired) electrons. The first-order valence-electron chi connectivity index (χ1n) is 6.26. The summed E-state index contributed by atoms with van der Waals surface area (Å²) in [5, 5.41) is 6.16. The highest BCUT2D eigenvalue weighted by atomic mass is 127. The van der Waals surface area contributed by atoms with E-state index in [9.17, 15) is 4.79 Å². The fourth-order valence-corrected chi connectivity index (χ4v) is 2.37. The Hall–Kier alpha value is -1.76. The van der Waals surface area contributed by atoms with Crippen LogP contribution < -0.4 is 15.4 Å². The molecular formula is C15H13IN2O2. The summed E-state index contributed by atoms with van der Waals surface area (Å²) in [5.74, 6) is 0.614. The Morgan fingerprint density at radius 2 is 2.00 bits per heavy atom. The lowest BCUT2D eigenvalue weighted by Crippen LogP contribution is -2.25. The molecule has 0 unspecified atom stereocenters. The van der Waals surface area contributed by atoms with Crippen LogP contribution in [0, 0.1) is 3.57 Å². The van der Waals surface area contributed by atoms with Crippen molar-refractivity contribution in [2.24, 2.45) is 0 Å². The van der Waals surface area contributed by atoms with Crippen LogP contribution in [0.3, 0.4) is 0 Å². The van der Waals surface area contributed by atoms with Gasteiger partial charge < -0.3 is 15.4 Å². The molecule has 5 heteroatoms. The molecule has 1 heterocycles. The van der Waals surface area contributed by atoms with Crippen molar-refractivity contribution in [2.75, 3.05) is 17.2 Å². The van der Waals surface area contributed by atoms with E-state index in [-0.39, 0.29) is 12.5 Å².